The van der Waals surface area contributed by atoms with Gasteiger partial charge in [-0.05, 0) is 62.0 Å². The Labute approximate surface area is 194 Å². The molecule has 2 N–H and O–H groups in total. The SMILES string of the molecule is C1CCCCC1.C=CC(=C\C=C(/C)N)/C(C)=C/c1sc(N2CCC(C)CC2)nc1C=C. The third-order valence-corrected chi connectivity index (χ3v) is 7.04. The number of allylic oxidation sites excluding steroid dienone is 6. The van der Waals surface area contributed by atoms with Crippen LogP contribution in [0.1, 0.15) is 82.7 Å². The summed E-state index contributed by atoms with van der Waals surface area (Å²) in [6.07, 6.45) is 21.2. The van der Waals surface area contributed by atoms with Crippen molar-refractivity contribution in [1.82, 2.24) is 4.98 Å². The molecule has 3 nitrogen and oxygen atoms in total. The van der Waals surface area contributed by atoms with E-state index in [1.165, 1.54) is 51.4 Å². The number of thiazole rings is 1. The van der Waals surface area contributed by atoms with Gasteiger partial charge in [0.2, 0.25) is 0 Å². The minimum Gasteiger partial charge on any atom is -0.402 e. The Morgan fingerprint density at radius 2 is 1.61 bits per heavy atom. The highest BCUT2D eigenvalue weighted by Gasteiger charge is 2.19. The average Bonchev–Trinajstić information content (AvgIpc) is 3.19. The first-order valence-electron chi connectivity index (χ1n) is 11.8. The van der Waals surface area contributed by atoms with Gasteiger partial charge in [0, 0.05) is 18.8 Å². The van der Waals surface area contributed by atoms with E-state index in [0.29, 0.717) is 0 Å². The second-order valence-electron chi connectivity index (χ2n) is 8.81. The maximum atomic E-state index is 5.73. The minimum atomic E-state index is 0.776. The van der Waals surface area contributed by atoms with E-state index in [0.717, 1.165) is 51.6 Å². The molecule has 0 spiro atoms. The first-order valence-corrected chi connectivity index (χ1v) is 12.6. The van der Waals surface area contributed by atoms with E-state index in [9.17, 15) is 0 Å². The first-order chi connectivity index (χ1) is 14.9. The van der Waals surface area contributed by atoms with Gasteiger partial charge in [-0.25, -0.2) is 4.98 Å². The van der Waals surface area contributed by atoms with E-state index in [1.54, 1.807) is 11.3 Å². The van der Waals surface area contributed by atoms with Gasteiger partial charge in [0.1, 0.15) is 0 Å². The highest BCUT2D eigenvalue weighted by molar-refractivity contribution is 7.16. The van der Waals surface area contributed by atoms with Gasteiger partial charge in [-0.1, -0.05) is 82.1 Å². The predicted octanol–water partition coefficient (Wildman–Crippen LogP) is 7.74. The molecule has 2 fully saturated rings. The fraction of sp³-hybridized carbons (Fsp3) is 0.519. The maximum absolute atomic E-state index is 5.73. The van der Waals surface area contributed by atoms with Gasteiger partial charge in [0.25, 0.3) is 0 Å². The molecule has 0 aromatic carbocycles. The Morgan fingerprint density at radius 1 is 1.03 bits per heavy atom. The Hall–Kier alpha value is -2.07. The molecule has 4 heteroatoms. The number of hydrogen-bond acceptors (Lipinski definition) is 4. The van der Waals surface area contributed by atoms with Crippen molar-refractivity contribution < 1.29 is 0 Å². The van der Waals surface area contributed by atoms with Crippen LogP contribution in [0.3, 0.4) is 0 Å². The lowest BCUT2D eigenvalue weighted by atomic mass is 10.00. The van der Waals surface area contributed by atoms with Crippen molar-refractivity contribution in [2.45, 2.75) is 72.1 Å². The summed E-state index contributed by atoms with van der Waals surface area (Å²) in [6.45, 7) is 16.3. The quantitative estimate of drug-likeness (QED) is 0.461. The fourth-order valence-corrected chi connectivity index (χ4v) is 4.96. The number of nitrogens with two attached hydrogens (primary N) is 1. The third kappa shape index (κ3) is 8.53. The third-order valence-electron chi connectivity index (χ3n) is 5.97. The van der Waals surface area contributed by atoms with Gasteiger partial charge in [0.05, 0.1) is 10.6 Å². The second kappa shape index (κ2) is 13.4. The topological polar surface area (TPSA) is 42.1 Å². The number of piperidine rings is 1. The number of rotatable bonds is 6. The van der Waals surface area contributed by atoms with E-state index in [2.05, 4.69) is 38.0 Å². The van der Waals surface area contributed by atoms with Crippen LogP contribution in [0.15, 0.2) is 48.2 Å². The van der Waals surface area contributed by atoms with Crippen LogP contribution in [0, 0.1) is 5.92 Å². The molecule has 0 radical (unpaired) electrons. The summed E-state index contributed by atoms with van der Waals surface area (Å²) in [7, 11) is 0. The lowest BCUT2D eigenvalue weighted by molar-refractivity contribution is 0.438. The first kappa shape index (κ1) is 25.2. The molecule has 2 aliphatic rings. The predicted molar refractivity (Wildman–Crippen MR) is 140 cm³/mol. The largest absolute Gasteiger partial charge is 0.402 e. The van der Waals surface area contributed by atoms with Crippen molar-refractivity contribution in [3.8, 4) is 0 Å². The molecule has 31 heavy (non-hydrogen) atoms. The summed E-state index contributed by atoms with van der Waals surface area (Å²) in [5.41, 5.74) is 9.65. The van der Waals surface area contributed by atoms with Gasteiger partial charge in [-0.3, -0.25) is 0 Å². The number of anilines is 1. The zero-order valence-corrected chi connectivity index (χ0v) is 20.6. The molecule has 1 aromatic heterocycles. The molecule has 1 aliphatic heterocycles. The van der Waals surface area contributed by atoms with Crippen molar-refractivity contribution in [3.05, 3.63) is 58.8 Å². The number of hydrogen-bond donors (Lipinski definition) is 1. The van der Waals surface area contributed by atoms with Crippen molar-refractivity contribution in [2.75, 3.05) is 18.0 Å². The zero-order valence-electron chi connectivity index (χ0n) is 19.8. The van der Waals surface area contributed by atoms with Crippen LogP contribution in [0.2, 0.25) is 0 Å². The van der Waals surface area contributed by atoms with Crippen LogP contribution in [0.5, 0.6) is 0 Å². The smallest absolute Gasteiger partial charge is 0.186 e. The zero-order chi connectivity index (χ0) is 22.6. The summed E-state index contributed by atoms with van der Waals surface area (Å²) in [5, 5.41) is 1.10. The van der Waals surface area contributed by atoms with Crippen molar-refractivity contribution in [1.29, 1.82) is 0 Å². The molecule has 1 saturated heterocycles. The Morgan fingerprint density at radius 3 is 2.10 bits per heavy atom. The molecule has 1 aromatic rings. The second-order valence-corrected chi connectivity index (χ2v) is 9.81. The van der Waals surface area contributed by atoms with Crippen molar-refractivity contribution in [2.24, 2.45) is 11.7 Å². The van der Waals surface area contributed by atoms with Crippen LogP contribution < -0.4 is 10.6 Å². The van der Waals surface area contributed by atoms with E-state index >= 15 is 0 Å². The number of nitrogens with zero attached hydrogens (tertiary/aromatic N) is 2. The van der Waals surface area contributed by atoms with E-state index in [-0.39, 0.29) is 0 Å². The highest BCUT2D eigenvalue weighted by Crippen LogP contribution is 2.32. The minimum absolute atomic E-state index is 0.776. The standard InChI is InChI=1S/C21H29N3S.C6H12/c1-6-18(9-8-17(5)22)16(4)14-20-19(7-2)23-21(25-20)24-12-10-15(3)11-13-24;1-2-4-6-5-3-1/h6-9,14-15H,1-2,10-13,22H2,3-5H3;1-6H2/b16-14+,17-8+,18-9+;. The molecular formula is C27H41N3S. The Balaban J connectivity index is 0.000000488. The average molecular weight is 440 g/mol. The van der Waals surface area contributed by atoms with Gasteiger partial charge >= 0.3 is 0 Å². The van der Waals surface area contributed by atoms with Crippen LogP contribution in [0.4, 0.5) is 5.13 Å². The summed E-state index contributed by atoms with van der Waals surface area (Å²) in [4.78, 5) is 8.33. The Kier molecular flexibility index (Phi) is 10.9. The Bertz CT molecular complexity index is 785. The van der Waals surface area contributed by atoms with E-state index in [4.69, 9.17) is 10.7 Å². The molecule has 0 amide bonds. The molecule has 1 aliphatic carbocycles. The van der Waals surface area contributed by atoms with E-state index < -0.39 is 0 Å². The molecule has 0 bridgehead atoms. The normalized spacial score (nSPS) is 18.9. The van der Waals surface area contributed by atoms with Gasteiger partial charge in [-0.2, -0.15) is 0 Å². The number of aromatic nitrogens is 1. The van der Waals surface area contributed by atoms with Crippen LogP contribution in [-0.4, -0.2) is 18.1 Å². The van der Waals surface area contributed by atoms with Gasteiger partial charge < -0.3 is 10.6 Å². The fourth-order valence-electron chi connectivity index (χ4n) is 3.84. The lowest BCUT2D eigenvalue weighted by Gasteiger charge is -2.29. The van der Waals surface area contributed by atoms with E-state index in [1.807, 2.05) is 31.2 Å². The summed E-state index contributed by atoms with van der Waals surface area (Å²) < 4.78 is 0. The molecule has 3 rings (SSSR count). The summed E-state index contributed by atoms with van der Waals surface area (Å²) in [6, 6.07) is 0. The molecular weight excluding hydrogens is 398 g/mol. The molecule has 1 saturated carbocycles. The maximum Gasteiger partial charge on any atom is 0.186 e. The molecule has 2 heterocycles. The monoisotopic (exact) mass is 439 g/mol. The lowest BCUT2D eigenvalue weighted by Crippen LogP contribution is -2.32. The van der Waals surface area contributed by atoms with Gasteiger partial charge in [-0.15, -0.1) is 0 Å². The van der Waals surface area contributed by atoms with Crippen LogP contribution in [-0.2, 0) is 0 Å². The summed E-state index contributed by atoms with van der Waals surface area (Å²) >= 11 is 1.74. The van der Waals surface area contributed by atoms with Crippen LogP contribution in [0.25, 0.3) is 12.2 Å². The molecule has 170 valence electrons. The van der Waals surface area contributed by atoms with Crippen molar-refractivity contribution in [3.63, 3.8) is 0 Å². The van der Waals surface area contributed by atoms with Gasteiger partial charge in [0.15, 0.2) is 5.13 Å². The highest BCUT2D eigenvalue weighted by atomic mass is 32.1. The van der Waals surface area contributed by atoms with Crippen LogP contribution >= 0.6 is 11.3 Å². The van der Waals surface area contributed by atoms with Crippen molar-refractivity contribution >= 4 is 28.6 Å². The molecule has 0 unspecified atom stereocenters. The molecule has 0 atom stereocenters. The summed E-state index contributed by atoms with van der Waals surface area (Å²) in [5.74, 6) is 0.816.